The number of rotatable bonds is 23. The van der Waals surface area contributed by atoms with Gasteiger partial charge in [-0.15, -0.1) is 0 Å². The number of ether oxygens (including phenoxy) is 5. The molecule has 7 nitrogen and oxygen atoms in total. The molecule has 0 amide bonds. The van der Waals surface area contributed by atoms with Gasteiger partial charge in [0.2, 0.25) is 0 Å². The maximum atomic E-state index is 11.8. The summed E-state index contributed by atoms with van der Waals surface area (Å²) in [6.45, 7) is 10.1. The molecule has 0 heterocycles. The van der Waals surface area contributed by atoms with Gasteiger partial charge < -0.3 is 23.7 Å². The van der Waals surface area contributed by atoms with Crippen LogP contribution >= 0.6 is 0 Å². The molecule has 0 aliphatic carbocycles. The maximum Gasteiger partial charge on any atom is 0.161 e. The fourth-order valence-electron chi connectivity index (χ4n) is 2.40. The third kappa shape index (κ3) is 20.2. The Labute approximate surface area is 176 Å². The minimum Gasteiger partial charge on any atom is -0.377 e. The second-order valence-electron chi connectivity index (χ2n) is 7.09. The summed E-state index contributed by atoms with van der Waals surface area (Å²) in [5, 5.41) is 0. The molecule has 1 unspecified atom stereocenters. The van der Waals surface area contributed by atoms with Gasteiger partial charge in [0.15, 0.2) is 11.6 Å². The van der Waals surface area contributed by atoms with Crippen LogP contribution in [0.25, 0.3) is 0 Å². The van der Waals surface area contributed by atoms with Crippen molar-refractivity contribution in [3.8, 4) is 0 Å². The van der Waals surface area contributed by atoms with Gasteiger partial charge in [0.1, 0.15) is 13.2 Å². The monoisotopic (exact) mass is 418 g/mol. The van der Waals surface area contributed by atoms with Gasteiger partial charge in [-0.1, -0.05) is 40.0 Å². The zero-order chi connectivity index (χ0) is 21.6. The van der Waals surface area contributed by atoms with E-state index in [1.807, 2.05) is 6.92 Å². The minimum absolute atomic E-state index is 0.0753. The first kappa shape index (κ1) is 28.1. The molecule has 0 saturated carbocycles. The Hall–Kier alpha value is -0.860. The normalized spacial score (nSPS) is 12.2. The van der Waals surface area contributed by atoms with Crippen molar-refractivity contribution >= 4 is 11.6 Å². The molecule has 0 aromatic carbocycles. The van der Waals surface area contributed by atoms with E-state index in [0.29, 0.717) is 59.3 Å². The van der Waals surface area contributed by atoms with Gasteiger partial charge in [-0.25, -0.2) is 0 Å². The van der Waals surface area contributed by atoms with E-state index in [0.717, 1.165) is 32.1 Å². The first-order valence-electron chi connectivity index (χ1n) is 11.0. The molecule has 0 aliphatic rings. The van der Waals surface area contributed by atoms with Gasteiger partial charge in [-0.05, 0) is 12.8 Å². The zero-order valence-corrected chi connectivity index (χ0v) is 18.7. The number of hydrogen-bond donors (Lipinski definition) is 0. The minimum atomic E-state index is 0.0753. The Bertz CT molecular complexity index is 387. The molecule has 172 valence electrons. The Morgan fingerprint density at radius 1 is 0.655 bits per heavy atom. The number of carbonyl (C=O) groups is 2. The van der Waals surface area contributed by atoms with Crippen molar-refractivity contribution in [3.63, 3.8) is 0 Å². The van der Waals surface area contributed by atoms with Crippen molar-refractivity contribution < 1.29 is 33.3 Å². The van der Waals surface area contributed by atoms with Crippen LogP contribution in [-0.4, -0.2) is 77.6 Å². The highest BCUT2D eigenvalue weighted by atomic mass is 16.6. The van der Waals surface area contributed by atoms with Gasteiger partial charge in [-0.3, -0.25) is 9.59 Å². The summed E-state index contributed by atoms with van der Waals surface area (Å²) >= 11 is 0. The molecule has 0 spiro atoms. The second-order valence-corrected chi connectivity index (χ2v) is 7.09. The van der Waals surface area contributed by atoms with Gasteiger partial charge >= 0.3 is 0 Å². The van der Waals surface area contributed by atoms with E-state index in [1.165, 1.54) is 0 Å². The van der Waals surface area contributed by atoms with E-state index in [9.17, 15) is 9.59 Å². The maximum absolute atomic E-state index is 11.8. The molecule has 0 N–H and O–H groups in total. The number of ketones is 2. The number of unbranched alkanes of at least 4 members (excludes halogenated alkanes) is 2. The van der Waals surface area contributed by atoms with Crippen LogP contribution in [0.15, 0.2) is 0 Å². The molecular weight excluding hydrogens is 376 g/mol. The molecule has 0 aliphatic heterocycles. The smallest absolute Gasteiger partial charge is 0.161 e. The van der Waals surface area contributed by atoms with Crippen molar-refractivity contribution in [3.05, 3.63) is 0 Å². The lowest BCUT2D eigenvalue weighted by Gasteiger charge is -2.10. The predicted octanol–water partition coefficient (Wildman–Crippen LogP) is 3.22. The van der Waals surface area contributed by atoms with Crippen molar-refractivity contribution in [2.75, 3.05) is 66.1 Å². The predicted molar refractivity (Wildman–Crippen MR) is 112 cm³/mol. The van der Waals surface area contributed by atoms with E-state index in [2.05, 4.69) is 13.8 Å². The summed E-state index contributed by atoms with van der Waals surface area (Å²) < 4.78 is 26.8. The largest absolute Gasteiger partial charge is 0.377 e. The molecule has 0 aromatic rings. The quantitative estimate of drug-likeness (QED) is 0.236. The number of carbonyl (C=O) groups excluding carboxylic acids is 2. The van der Waals surface area contributed by atoms with E-state index in [1.54, 1.807) is 0 Å². The van der Waals surface area contributed by atoms with Gasteiger partial charge in [0.25, 0.3) is 0 Å². The Balaban J connectivity index is 3.22. The summed E-state index contributed by atoms with van der Waals surface area (Å²) in [6.07, 6.45) is 5.65. The van der Waals surface area contributed by atoms with Crippen LogP contribution in [0.2, 0.25) is 0 Å². The molecule has 0 fully saturated rings. The van der Waals surface area contributed by atoms with Crippen molar-refractivity contribution in [2.45, 2.75) is 59.3 Å². The molecule has 1 atom stereocenters. The number of hydrogen-bond acceptors (Lipinski definition) is 7. The number of Topliss-reactive ketones (excluding diaryl/α,β-unsaturated/α-hetero) is 2. The Morgan fingerprint density at radius 2 is 1.10 bits per heavy atom. The Kier molecular flexibility index (Phi) is 21.2. The van der Waals surface area contributed by atoms with E-state index < -0.39 is 0 Å². The average Bonchev–Trinajstić information content (AvgIpc) is 2.72. The molecule has 0 bridgehead atoms. The summed E-state index contributed by atoms with van der Waals surface area (Å²) in [7, 11) is 0. The fourth-order valence-corrected chi connectivity index (χ4v) is 2.40. The van der Waals surface area contributed by atoms with Crippen LogP contribution in [0.5, 0.6) is 0 Å². The zero-order valence-electron chi connectivity index (χ0n) is 18.7. The fraction of sp³-hybridized carbons (Fsp3) is 0.909. The van der Waals surface area contributed by atoms with Crippen LogP contribution in [0.4, 0.5) is 0 Å². The van der Waals surface area contributed by atoms with Gasteiger partial charge in [-0.2, -0.15) is 0 Å². The lowest BCUT2D eigenvalue weighted by Crippen LogP contribution is -2.19. The molecule has 0 radical (unpaired) electrons. The van der Waals surface area contributed by atoms with E-state index in [4.69, 9.17) is 23.7 Å². The summed E-state index contributed by atoms with van der Waals surface area (Å²) in [6, 6.07) is 0. The topological polar surface area (TPSA) is 80.3 Å². The van der Waals surface area contributed by atoms with E-state index in [-0.39, 0.29) is 30.7 Å². The summed E-state index contributed by atoms with van der Waals surface area (Å²) in [4.78, 5) is 23.2. The first-order valence-corrected chi connectivity index (χ1v) is 11.0. The van der Waals surface area contributed by atoms with Crippen LogP contribution < -0.4 is 0 Å². The molecule has 0 aromatic heterocycles. The van der Waals surface area contributed by atoms with Crippen molar-refractivity contribution in [2.24, 2.45) is 5.92 Å². The van der Waals surface area contributed by atoms with Crippen LogP contribution in [0.1, 0.15) is 59.3 Å². The molecule has 7 heteroatoms. The summed E-state index contributed by atoms with van der Waals surface area (Å²) in [5.41, 5.74) is 0. The lowest BCUT2D eigenvalue weighted by molar-refractivity contribution is -0.127. The Morgan fingerprint density at radius 3 is 1.59 bits per heavy atom. The van der Waals surface area contributed by atoms with Gasteiger partial charge in [0, 0.05) is 12.3 Å². The highest BCUT2D eigenvalue weighted by Gasteiger charge is 2.11. The van der Waals surface area contributed by atoms with Crippen molar-refractivity contribution in [1.82, 2.24) is 0 Å². The standard InChI is InChI=1S/C22H42O7/c1-4-6-8-20(3)22(24)19-29-17-15-27-13-11-25-10-12-26-14-16-28-18-21(23)9-7-5-2/h20H,4-19H2,1-3H3. The van der Waals surface area contributed by atoms with Gasteiger partial charge in [0.05, 0.1) is 52.9 Å². The highest BCUT2D eigenvalue weighted by Crippen LogP contribution is 2.08. The summed E-state index contributed by atoms with van der Waals surface area (Å²) in [5.74, 6) is 0.385. The highest BCUT2D eigenvalue weighted by molar-refractivity contribution is 5.81. The van der Waals surface area contributed by atoms with Crippen LogP contribution in [-0.2, 0) is 33.3 Å². The van der Waals surface area contributed by atoms with Crippen molar-refractivity contribution in [1.29, 1.82) is 0 Å². The lowest BCUT2D eigenvalue weighted by atomic mass is 10.0. The molecular formula is C22H42O7. The molecule has 0 rings (SSSR count). The third-order valence-electron chi connectivity index (χ3n) is 4.34. The third-order valence-corrected chi connectivity index (χ3v) is 4.34. The molecule has 29 heavy (non-hydrogen) atoms. The van der Waals surface area contributed by atoms with E-state index >= 15 is 0 Å². The van der Waals surface area contributed by atoms with Crippen LogP contribution in [0.3, 0.4) is 0 Å². The second kappa shape index (κ2) is 21.8. The van der Waals surface area contributed by atoms with Crippen LogP contribution in [0, 0.1) is 5.92 Å². The molecule has 0 saturated heterocycles. The SMILES string of the molecule is CCCCC(=O)COCCOCCOCCOCCOCC(=O)C(C)CCCC. The first-order chi connectivity index (χ1) is 14.1. The average molecular weight is 419 g/mol.